The molecule has 2 N–H and O–H groups in total. The van der Waals surface area contributed by atoms with Crippen LogP contribution < -0.4 is 5.32 Å². The van der Waals surface area contributed by atoms with Gasteiger partial charge >= 0.3 is 0 Å². The molecule has 88 valence electrons. The molecule has 1 rings (SSSR count). The maximum absolute atomic E-state index is 12.1. The van der Waals surface area contributed by atoms with E-state index in [0.717, 1.165) is 19.4 Å². The Balaban J connectivity index is 2.65. The molecule has 4 nitrogen and oxygen atoms in total. The Morgan fingerprint density at radius 3 is 2.73 bits per heavy atom. The van der Waals surface area contributed by atoms with Gasteiger partial charge in [0, 0.05) is 6.54 Å². The third kappa shape index (κ3) is 2.69. The summed E-state index contributed by atoms with van der Waals surface area (Å²) in [7, 11) is 1.81. The lowest BCUT2D eigenvalue weighted by atomic mass is 10.0. The van der Waals surface area contributed by atoms with Gasteiger partial charge in [-0.05, 0) is 25.8 Å². The number of hydrogen-bond acceptors (Lipinski definition) is 3. The number of nitrogens with zero attached hydrogens (tertiary/aromatic N) is 1. The largest absolute Gasteiger partial charge is 0.394 e. The van der Waals surface area contributed by atoms with Crippen molar-refractivity contribution in [1.29, 1.82) is 0 Å². The zero-order valence-corrected chi connectivity index (χ0v) is 9.86. The van der Waals surface area contributed by atoms with Crippen LogP contribution >= 0.6 is 0 Å². The van der Waals surface area contributed by atoms with Crippen LogP contribution in [-0.2, 0) is 4.79 Å². The summed E-state index contributed by atoms with van der Waals surface area (Å²) in [5.74, 6) is 0.409. The number of carbonyl (C=O) groups is 1. The lowest BCUT2D eigenvalue weighted by molar-refractivity contribution is -0.135. The summed E-state index contributed by atoms with van der Waals surface area (Å²) in [6.45, 7) is 4.93. The van der Waals surface area contributed by atoms with Crippen LogP contribution in [-0.4, -0.2) is 48.2 Å². The summed E-state index contributed by atoms with van der Waals surface area (Å²) in [5, 5.41) is 12.2. The van der Waals surface area contributed by atoms with Gasteiger partial charge in [-0.2, -0.15) is 0 Å². The van der Waals surface area contributed by atoms with Crippen molar-refractivity contribution in [1.82, 2.24) is 10.2 Å². The number of likely N-dealkylation sites (tertiary alicyclic amines) is 1. The summed E-state index contributed by atoms with van der Waals surface area (Å²) in [4.78, 5) is 14.0. The molecule has 0 radical (unpaired) electrons. The van der Waals surface area contributed by atoms with Gasteiger partial charge in [0.05, 0.1) is 18.7 Å². The van der Waals surface area contributed by atoms with Crippen molar-refractivity contribution in [2.75, 3.05) is 20.2 Å². The van der Waals surface area contributed by atoms with E-state index >= 15 is 0 Å². The van der Waals surface area contributed by atoms with E-state index in [1.54, 1.807) is 0 Å². The molecular weight excluding hydrogens is 192 g/mol. The highest BCUT2D eigenvalue weighted by Crippen LogP contribution is 2.19. The van der Waals surface area contributed by atoms with E-state index in [9.17, 15) is 4.79 Å². The SMILES string of the molecule is CNC(C(=O)N1CCCC1CO)C(C)C. The first-order valence-corrected chi connectivity index (χ1v) is 5.70. The van der Waals surface area contributed by atoms with Crippen LogP contribution in [0.25, 0.3) is 0 Å². The predicted molar refractivity (Wildman–Crippen MR) is 59.5 cm³/mol. The normalized spacial score (nSPS) is 23.5. The van der Waals surface area contributed by atoms with Crippen molar-refractivity contribution in [2.45, 2.75) is 38.8 Å². The molecule has 4 heteroatoms. The highest BCUT2D eigenvalue weighted by Gasteiger charge is 2.33. The predicted octanol–water partition coefficient (Wildman–Crippen LogP) is 0.214. The van der Waals surface area contributed by atoms with Gasteiger partial charge in [0.15, 0.2) is 0 Å². The zero-order valence-electron chi connectivity index (χ0n) is 9.86. The maximum Gasteiger partial charge on any atom is 0.240 e. The molecule has 2 unspecified atom stereocenters. The fourth-order valence-corrected chi connectivity index (χ4v) is 2.24. The second-order valence-electron chi connectivity index (χ2n) is 4.52. The Labute approximate surface area is 91.6 Å². The molecule has 1 aliphatic heterocycles. The molecule has 0 aromatic heterocycles. The molecule has 1 heterocycles. The minimum Gasteiger partial charge on any atom is -0.394 e. The maximum atomic E-state index is 12.1. The van der Waals surface area contributed by atoms with Gasteiger partial charge in [-0.1, -0.05) is 13.8 Å². The van der Waals surface area contributed by atoms with E-state index in [0.29, 0.717) is 0 Å². The first-order chi connectivity index (χ1) is 7.11. The van der Waals surface area contributed by atoms with Crippen LogP contribution in [0.2, 0.25) is 0 Å². The molecule has 2 atom stereocenters. The fraction of sp³-hybridized carbons (Fsp3) is 0.909. The first-order valence-electron chi connectivity index (χ1n) is 5.70. The second kappa shape index (κ2) is 5.47. The molecule has 1 amide bonds. The van der Waals surface area contributed by atoms with Crippen molar-refractivity contribution < 1.29 is 9.90 Å². The molecule has 0 spiro atoms. The average molecular weight is 214 g/mol. The molecule has 1 saturated heterocycles. The van der Waals surface area contributed by atoms with Gasteiger partial charge in [-0.3, -0.25) is 4.79 Å². The Hall–Kier alpha value is -0.610. The molecular formula is C11H22N2O2. The van der Waals surface area contributed by atoms with Crippen molar-refractivity contribution in [2.24, 2.45) is 5.92 Å². The molecule has 15 heavy (non-hydrogen) atoms. The van der Waals surface area contributed by atoms with E-state index in [4.69, 9.17) is 5.11 Å². The molecule has 0 saturated carbocycles. The number of aliphatic hydroxyl groups excluding tert-OH is 1. The smallest absolute Gasteiger partial charge is 0.240 e. The third-order valence-electron chi connectivity index (χ3n) is 3.11. The van der Waals surface area contributed by atoms with Gasteiger partial charge in [0.25, 0.3) is 0 Å². The molecule has 0 aromatic rings. The van der Waals surface area contributed by atoms with E-state index in [1.807, 2.05) is 25.8 Å². The number of amides is 1. The summed E-state index contributed by atoms with van der Waals surface area (Å²) in [5.41, 5.74) is 0. The minimum atomic E-state index is -0.128. The first kappa shape index (κ1) is 12.5. The molecule has 0 aliphatic carbocycles. The monoisotopic (exact) mass is 214 g/mol. The third-order valence-corrected chi connectivity index (χ3v) is 3.11. The Morgan fingerprint density at radius 2 is 2.27 bits per heavy atom. The van der Waals surface area contributed by atoms with E-state index in [-0.39, 0.29) is 30.5 Å². The van der Waals surface area contributed by atoms with Crippen molar-refractivity contribution in [3.05, 3.63) is 0 Å². The topological polar surface area (TPSA) is 52.6 Å². The Kier molecular flexibility index (Phi) is 4.54. The van der Waals surface area contributed by atoms with E-state index in [1.165, 1.54) is 0 Å². The second-order valence-corrected chi connectivity index (χ2v) is 4.52. The number of hydrogen-bond donors (Lipinski definition) is 2. The van der Waals surface area contributed by atoms with E-state index < -0.39 is 0 Å². The molecule has 1 fully saturated rings. The lowest BCUT2D eigenvalue weighted by Crippen LogP contribution is -2.50. The summed E-state index contributed by atoms with van der Waals surface area (Å²) in [6.07, 6.45) is 1.93. The molecule has 0 aromatic carbocycles. The van der Waals surface area contributed by atoms with Crippen LogP contribution in [0, 0.1) is 5.92 Å². The van der Waals surface area contributed by atoms with Gasteiger partial charge in [-0.15, -0.1) is 0 Å². The van der Waals surface area contributed by atoms with Crippen molar-refractivity contribution in [3.63, 3.8) is 0 Å². The highest BCUT2D eigenvalue weighted by molar-refractivity contribution is 5.82. The Morgan fingerprint density at radius 1 is 1.60 bits per heavy atom. The van der Waals surface area contributed by atoms with Crippen LogP contribution in [0.3, 0.4) is 0 Å². The van der Waals surface area contributed by atoms with Crippen molar-refractivity contribution >= 4 is 5.91 Å². The van der Waals surface area contributed by atoms with Gasteiger partial charge in [0.1, 0.15) is 0 Å². The fourth-order valence-electron chi connectivity index (χ4n) is 2.24. The highest BCUT2D eigenvalue weighted by atomic mass is 16.3. The molecule has 1 aliphatic rings. The van der Waals surface area contributed by atoms with Crippen LogP contribution in [0.4, 0.5) is 0 Å². The lowest BCUT2D eigenvalue weighted by Gasteiger charge is -2.29. The number of likely N-dealkylation sites (N-methyl/N-ethyl adjacent to an activating group) is 1. The van der Waals surface area contributed by atoms with Crippen LogP contribution in [0.1, 0.15) is 26.7 Å². The quantitative estimate of drug-likeness (QED) is 0.703. The standard InChI is InChI=1S/C11H22N2O2/c1-8(2)10(12-3)11(15)13-6-4-5-9(13)7-14/h8-10,12,14H,4-7H2,1-3H3. The minimum absolute atomic E-state index is 0.0344. The average Bonchev–Trinajstić information content (AvgIpc) is 2.65. The van der Waals surface area contributed by atoms with Crippen molar-refractivity contribution in [3.8, 4) is 0 Å². The van der Waals surface area contributed by atoms with Gasteiger partial charge in [-0.25, -0.2) is 0 Å². The number of aliphatic hydroxyl groups is 1. The van der Waals surface area contributed by atoms with Gasteiger partial charge in [0.2, 0.25) is 5.91 Å². The van der Waals surface area contributed by atoms with E-state index in [2.05, 4.69) is 5.32 Å². The number of rotatable bonds is 4. The zero-order chi connectivity index (χ0) is 11.4. The van der Waals surface area contributed by atoms with Gasteiger partial charge < -0.3 is 15.3 Å². The summed E-state index contributed by atoms with van der Waals surface area (Å²) in [6, 6.07) is -0.0933. The van der Waals surface area contributed by atoms with Crippen LogP contribution in [0.15, 0.2) is 0 Å². The summed E-state index contributed by atoms with van der Waals surface area (Å²) >= 11 is 0. The number of carbonyl (C=O) groups excluding carboxylic acids is 1. The van der Waals surface area contributed by atoms with Crippen LogP contribution in [0.5, 0.6) is 0 Å². The Bertz CT molecular complexity index is 219. The summed E-state index contributed by atoms with van der Waals surface area (Å²) < 4.78 is 0. The molecule has 0 bridgehead atoms. The number of nitrogens with one attached hydrogen (secondary N) is 1.